The molecule has 0 saturated carbocycles. The topological polar surface area (TPSA) is 57.8 Å². The Labute approximate surface area is 70.4 Å². The molecule has 4 heteroatoms. The van der Waals surface area contributed by atoms with E-state index in [1.54, 1.807) is 6.20 Å². The van der Waals surface area contributed by atoms with Gasteiger partial charge in [0.25, 0.3) is 0 Å². The molecule has 1 aliphatic rings. The molecule has 1 saturated heterocycles. The molecule has 0 aromatic carbocycles. The van der Waals surface area contributed by atoms with Gasteiger partial charge in [0.2, 0.25) is 5.91 Å². The lowest BCUT2D eigenvalue weighted by atomic mass is 10.1. The van der Waals surface area contributed by atoms with Crippen molar-refractivity contribution in [1.82, 2.24) is 15.3 Å². The number of H-pyrrole nitrogens is 1. The third kappa shape index (κ3) is 1.20. The minimum atomic E-state index is 0.119. The number of carbonyl (C=O) groups excluding carboxylic acids is 1. The third-order valence-electron chi connectivity index (χ3n) is 2.09. The standard InChI is InChI=1S/C8H11N3O/c1-5-3-10-8(11-5)6-2-7(12)9-4-6/h3,6H,2,4H2,1H3,(H,9,12)(H,10,11). The molecule has 1 amide bonds. The Morgan fingerprint density at radius 2 is 2.50 bits per heavy atom. The Hall–Kier alpha value is -1.32. The number of rotatable bonds is 1. The number of aromatic amines is 1. The van der Waals surface area contributed by atoms with Crippen LogP contribution in [0.4, 0.5) is 0 Å². The van der Waals surface area contributed by atoms with Crippen molar-refractivity contribution in [2.45, 2.75) is 19.3 Å². The fourth-order valence-corrected chi connectivity index (χ4v) is 1.44. The number of imidazole rings is 1. The predicted octanol–water partition coefficient (Wildman–Crippen LogP) is 0.322. The highest BCUT2D eigenvalue weighted by Crippen LogP contribution is 2.19. The number of carbonyl (C=O) groups is 1. The lowest BCUT2D eigenvalue weighted by Gasteiger charge is -2.00. The number of nitrogens with one attached hydrogen (secondary N) is 2. The van der Waals surface area contributed by atoms with E-state index in [0.717, 1.165) is 11.5 Å². The van der Waals surface area contributed by atoms with Crippen molar-refractivity contribution in [1.29, 1.82) is 0 Å². The van der Waals surface area contributed by atoms with Crippen LogP contribution in [0.3, 0.4) is 0 Å². The van der Waals surface area contributed by atoms with Gasteiger partial charge in [0.1, 0.15) is 5.82 Å². The van der Waals surface area contributed by atoms with Crippen molar-refractivity contribution >= 4 is 5.91 Å². The minimum absolute atomic E-state index is 0.119. The summed E-state index contributed by atoms with van der Waals surface area (Å²) in [5, 5.41) is 2.78. The summed E-state index contributed by atoms with van der Waals surface area (Å²) in [7, 11) is 0. The van der Waals surface area contributed by atoms with Crippen LogP contribution in [-0.4, -0.2) is 22.4 Å². The van der Waals surface area contributed by atoms with E-state index in [9.17, 15) is 4.79 Å². The first-order chi connectivity index (χ1) is 5.75. The Balaban J connectivity index is 2.15. The molecule has 2 rings (SSSR count). The van der Waals surface area contributed by atoms with Gasteiger partial charge >= 0.3 is 0 Å². The first-order valence-electron chi connectivity index (χ1n) is 4.04. The van der Waals surface area contributed by atoms with Gasteiger partial charge in [-0.25, -0.2) is 4.98 Å². The number of amides is 1. The van der Waals surface area contributed by atoms with E-state index in [0.29, 0.717) is 13.0 Å². The lowest BCUT2D eigenvalue weighted by molar-refractivity contribution is -0.119. The molecule has 1 aromatic heterocycles. The summed E-state index contributed by atoms with van der Waals surface area (Å²) in [4.78, 5) is 18.2. The van der Waals surface area contributed by atoms with Gasteiger partial charge in [-0.15, -0.1) is 0 Å². The van der Waals surface area contributed by atoms with Gasteiger partial charge in [0.05, 0.1) is 0 Å². The zero-order valence-electron chi connectivity index (χ0n) is 6.92. The van der Waals surface area contributed by atoms with Crippen molar-refractivity contribution in [3.8, 4) is 0 Å². The van der Waals surface area contributed by atoms with Gasteiger partial charge < -0.3 is 10.3 Å². The van der Waals surface area contributed by atoms with Crippen LogP contribution in [-0.2, 0) is 4.79 Å². The summed E-state index contributed by atoms with van der Waals surface area (Å²) >= 11 is 0. The van der Waals surface area contributed by atoms with Crippen molar-refractivity contribution in [3.63, 3.8) is 0 Å². The van der Waals surface area contributed by atoms with Crippen LogP contribution in [0.1, 0.15) is 23.9 Å². The van der Waals surface area contributed by atoms with Gasteiger partial charge in [0, 0.05) is 30.8 Å². The summed E-state index contributed by atoms with van der Waals surface area (Å²) in [5.74, 6) is 1.28. The molecule has 1 aliphatic heterocycles. The highest BCUT2D eigenvalue weighted by molar-refractivity contribution is 5.79. The smallest absolute Gasteiger partial charge is 0.220 e. The summed E-state index contributed by atoms with van der Waals surface area (Å²) in [6, 6.07) is 0. The van der Waals surface area contributed by atoms with Crippen LogP contribution < -0.4 is 5.32 Å². The molecule has 1 unspecified atom stereocenters. The molecule has 2 N–H and O–H groups in total. The van der Waals surface area contributed by atoms with Crippen molar-refractivity contribution < 1.29 is 4.79 Å². The van der Waals surface area contributed by atoms with E-state index in [4.69, 9.17) is 0 Å². The predicted molar refractivity (Wildman–Crippen MR) is 43.7 cm³/mol. The molecule has 4 nitrogen and oxygen atoms in total. The second-order valence-corrected chi connectivity index (χ2v) is 3.16. The van der Waals surface area contributed by atoms with Gasteiger partial charge in [-0.1, -0.05) is 0 Å². The van der Waals surface area contributed by atoms with E-state index in [1.807, 2.05) is 6.92 Å². The Bertz CT molecular complexity index is 305. The molecule has 0 aliphatic carbocycles. The molecule has 1 atom stereocenters. The monoisotopic (exact) mass is 165 g/mol. The number of aryl methyl sites for hydroxylation is 1. The highest BCUT2D eigenvalue weighted by atomic mass is 16.1. The average Bonchev–Trinajstić information content (AvgIpc) is 2.58. The second-order valence-electron chi connectivity index (χ2n) is 3.16. The Kier molecular flexibility index (Phi) is 1.60. The second kappa shape index (κ2) is 2.62. The average molecular weight is 165 g/mol. The van der Waals surface area contributed by atoms with E-state index < -0.39 is 0 Å². The van der Waals surface area contributed by atoms with Crippen LogP contribution in [0.25, 0.3) is 0 Å². The van der Waals surface area contributed by atoms with E-state index >= 15 is 0 Å². The van der Waals surface area contributed by atoms with Crippen LogP contribution in [0.5, 0.6) is 0 Å². The number of nitrogens with zero attached hydrogens (tertiary/aromatic N) is 1. The number of hydrogen-bond donors (Lipinski definition) is 2. The molecule has 0 spiro atoms. The largest absolute Gasteiger partial charge is 0.355 e. The van der Waals surface area contributed by atoms with Crippen molar-refractivity contribution in [2.24, 2.45) is 0 Å². The number of aromatic nitrogens is 2. The fraction of sp³-hybridized carbons (Fsp3) is 0.500. The molecule has 2 heterocycles. The first kappa shape index (κ1) is 7.34. The van der Waals surface area contributed by atoms with Gasteiger partial charge in [-0.3, -0.25) is 4.79 Å². The van der Waals surface area contributed by atoms with Gasteiger partial charge in [0.15, 0.2) is 0 Å². The van der Waals surface area contributed by atoms with Crippen LogP contribution >= 0.6 is 0 Å². The SMILES string of the molecule is Cc1cnc(C2CNC(=O)C2)[nH]1. The maximum absolute atomic E-state index is 10.9. The van der Waals surface area contributed by atoms with Crippen molar-refractivity contribution in [3.05, 3.63) is 17.7 Å². The molecule has 1 fully saturated rings. The summed E-state index contributed by atoms with van der Waals surface area (Å²) in [5.41, 5.74) is 1.05. The summed E-state index contributed by atoms with van der Waals surface area (Å²) in [6.07, 6.45) is 2.35. The van der Waals surface area contributed by atoms with Crippen LogP contribution in [0, 0.1) is 6.92 Å². The first-order valence-corrected chi connectivity index (χ1v) is 4.04. The quantitative estimate of drug-likeness (QED) is 0.629. The summed E-state index contributed by atoms with van der Waals surface area (Å²) < 4.78 is 0. The fourth-order valence-electron chi connectivity index (χ4n) is 1.44. The van der Waals surface area contributed by atoms with E-state index in [-0.39, 0.29) is 11.8 Å². The lowest BCUT2D eigenvalue weighted by Crippen LogP contribution is -2.13. The van der Waals surface area contributed by atoms with E-state index in [2.05, 4.69) is 15.3 Å². The van der Waals surface area contributed by atoms with Crippen LogP contribution in [0.2, 0.25) is 0 Å². The molecule has 0 radical (unpaired) electrons. The molecular weight excluding hydrogens is 154 g/mol. The maximum Gasteiger partial charge on any atom is 0.220 e. The number of hydrogen-bond acceptors (Lipinski definition) is 2. The zero-order chi connectivity index (χ0) is 8.55. The molecule has 0 bridgehead atoms. The molecular formula is C8H11N3O. The third-order valence-corrected chi connectivity index (χ3v) is 2.09. The zero-order valence-corrected chi connectivity index (χ0v) is 6.92. The molecule has 12 heavy (non-hydrogen) atoms. The molecule has 64 valence electrons. The maximum atomic E-state index is 10.9. The molecule has 1 aromatic rings. The van der Waals surface area contributed by atoms with Crippen molar-refractivity contribution in [2.75, 3.05) is 6.54 Å². The normalized spacial score (nSPS) is 22.8. The van der Waals surface area contributed by atoms with Gasteiger partial charge in [-0.2, -0.15) is 0 Å². The van der Waals surface area contributed by atoms with Gasteiger partial charge in [-0.05, 0) is 6.92 Å². The highest BCUT2D eigenvalue weighted by Gasteiger charge is 2.24. The van der Waals surface area contributed by atoms with E-state index in [1.165, 1.54) is 0 Å². The Morgan fingerprint density at radius 1 is 1.67 bits per heavy atom. The Morgan fingerprint density at radius 3 is 3.00 bits per heavy atom. The summed E-state index contributed by atoms with van der Waals surface area (Å²) in [6.45, 7) is 2.67. The minimum Gasteiger partial charge on any atom is -0.355 e. The van der Waals surface area contributed by atoms with Crippen LogP contribution in [0.15, 0.2) is 6.20 Å².